The fourth-order valence-electron chi connectivity index (χ4n) is 4.03. The SMILES string of the molecule is COc1ccccc1[C@@H](C)Nc1nc(-c2cccnc2)nc2sc3c(c12)CCC3. The first-order valence-corrected chi connectivity index (χ1v) is 10.7. The number of para-hydroxylation sites is 1. The summed E-state index contributed by atoms with van der Waals surface area (Å²) in [7, 11) is 1.71. The maximum absolute atomic E-state index is 5.56. The van der Waals surface area contributed by atoms with Crippen LogP contribution >= 0.6 is 11.3 Å². The quantitative estimate of drug-likeness (QED) is 0.483. The molecule has 1 aromatic carbocycles. The molecule has 3 heterocycles. The highest BCUT2D eigenvalue weighted by atomic mass is 32.1. The van der Waals surface area contributed by atoms with Crippen molar-refractivity contribution in [3.63, 3.8) is 0 Å². The lowest BCUT2D eigenvalue weighted by Crippen LogP contribution is -2.10. The second kappa shape index (κ2) is 7.44. The molecule has 0 amide bonds. The monoisotopic (exact) mass is 402 g/mol. The highest BCUT2D eigenvalue weighted by Gasteiger charge is 2.24. The largest absolute Gasteiger partial charge is 0.496 e. The molecule has 1 aliphatic rings. The molecule has 1 aliphatic carbocycles. The number of rotatable bonds is 5. The minimum atomic E-state index is 0.0444. The Labute approximate surface area is 173 Å². The summed E-state index contributed by atoms with van der Waals surface area (Å²) in [5.74, 6) is 2.48. The van der Waals surface area contributed by atoms with E-state index in [1.54, 1.807) is 24.6 Å². The first-order valence-electron chi connectivity index (χ1n) is 9.86. The first-order chi connectivity index (χ1) is 14.2. The number of nitrogens with zero attached hydrogens (tertiary/aromatic N) is 3. The third-order valence-electron chi connectivity index (χ3n) is 5.44. The van der Waals surface area contributed by atoms with Crippen LogP contribution in [0.2, 0.25) is 0 Å². The molecule has 1 atom stereocenters. The van der Waals surface area contributed by atoms with Gasteiger partial charge in [-0.15, -0.1) is 11.3 Å². The van der Waals surface area contributed by atoms with E-state index >= 15 is 0 Å². The van der Waals surface area contributed by atoms with E-state index < -0.39 is 0 Å². The summed E-state index contributed by atoms with van der Waals surface area (Å²) in [5, 5.41) is 4.83. The van der Waals surface area contributed by atoms with E-state index in [4.69, 9.17) is 14.7 Å². The van der Waals surface area contributed by atoms with Gasteiger partial charge in [-0.3, -0.25) is 4.98 Å². The molecule has 4 aromatic rings. The average molecular weight is 403 g/mol. The van der Waals surface area contributed by atoms with Gasteiger partial charge < -0.3 is 10.1 Å². The first kappa shape index (κ1) is 18.1. The Bertz CT molecular complexity index is 1170. The molecular formula is C23H22N4OS. The number of aromatic nitrogens is 3. The van der Waals surface area contributed by atoms with Crippen molar-refractivity contribution in [1.29, 1.82) is 0 Å². The minimum Gasteiger partial charge on any atom is -0.496 e. The van der Waals surface area contributed by atoms with Crippen LogP contribution < -0.4 is 10.1 Å². The molecule has 1 N–H and O–H groups in total. The lowest BCUT2D eigenvalue weighted by molar-refractivity contribution is 0.408. The van der Waals surface area contributed by atoms with Gasteiger partial charge in [-0.05, 0) is 49.9 Å². The molecular weight excluding hydrogens is 380 g/mol. The summed E-state index contributed by atoms with van der Waals surface area (Å²) in [4.78, 5) is 16.6. The van der Waals surface area contributed by atoms with Crippen LogP contribution in [0, 0.1) is 0 Å². The Morgan fingerprint density at radius 2 is 2.00 bits per heavy atom. The lowest BCUT2D eigenvalue weighted by Gasteiger charge is -2.19. The van der Waals surface area contributed by atoms with Gasteiger partial charge in [0, 0.05) is 28.4 Å². The number of fused-ring (bicyclic) bond motifs is 3. The van der Waals surface area contributed by atoms with Crippen molar-refractivity contribution in [2.24, 2.45) is 0 Å². The number of hydrogen-bond acceptors (Lipinski definition) is 6. The zero-order chi connectivity index (χ0) is 19.8. The number of thiophene rings is 1. The zero-order valence-corrected chi connectivity index (χ0v) is 17.3. The van der Waals surface area contributed by atoms with Crippen LogP contribution in [0.4, 0.5) is 5.82 Å². The number of hydrogen-bond donors (Lipinski definition) is 1. The maximum Gasteiger partial charge on any atom is 0.164 e. The predicted octanol–water partition coefficient (Wildman–Crippen LogP) is 5.42. The van der Waals surface area contributed by atoms with Crippen molar-refractivity contribution < 1.29 is 4.74 Å². The number of pyridine rings is 1. The molecule has 0 radical (unpaired) electrons. The van der Waals surface area contributed by atoms with Crippen molar-refractivity contribution >= 4 is 27.4 Å². The molecule has 0 saturated carbocycles. The third-order valence-corrected chi connectivity index (χ3v) is 6.63. The van der Waals surface area contributed by atoms with Crippen LogP contribution in [-0.4, -0.2) is 22.1 Å². The van der Waals surface area contributed by atoms with Gasteiger partial charge in [0.15, 0.2) is 5.82 Å². The third kappa shape index (κ3) is 3.23. The van der Waals surface area contributed by atoms with E-state index in [2.05, 4.69) is 23.3 Å². The van der Waals surface area contributed by atoms with E-state index in [1.165, 1.54) is 22.2 Å². The normalized spacial score (nSPS) is 14.0. The Hall–Kier alpha value is -2.99. The Kier molecular flexibility index (Phi) is 4.64. The molecule has 0 spiro atoms. The zero-order valence-electron chi connectivity index (χ0n) is 16.5. The molecule has 3 aromatic heterocycles. The molecule has 5 rings (SSSR count). The number of anilines is 1. The fourth-order valence-corrected chi connectivity index (χ4v) is 5.29. The van der Waals surface area contributed by atoms with Gasteiger partial charge in [-0.25, -0.2) is 9.97 Å². The minimum absolute atomic E-state index is 0.0444. The van der Waals surface area contributed by atoms with E-state index in [0.29, 0.717) is 5.82 Å². The van der Waals surface area contributed by atoms with E-state index in [9.17, 15) is 0 Å². The number of aryl methyl sites for hydroxylation is 2. The second-order valence-corrected chi connectivity index (χ2v) is 8.37. The van der Waals surface area contributed by atoms with Crippen molar-refractivity contribution in [2.45, 2.75) is 32.2 Å². The van der Waals surface area contributed by atoms with E-state index in [-0.39, 0.29) is 6.04 Å². The number of ether oxygens (including phenoxy) is 1. The second-order valence-electron chi connectivity index (χ2n) is 7.28. The van der Waals surface area contributed by atoms with Crippen LogP contribution in [-0.2, 0) is 12.8 Å². The van der Waals surface area contributed by atoms with Gasteiger partial charge in [0.2, 0.25) is 0 Å². The van der Waals surface area contributed by atoms with Gasteiger partial charge >= 0.3 is 0 Å². The molecule has 6 heteroatoms. The van der Waals surface area contributed by atoms with Gasteiger partial charge in [0.25, 0.3) is 0 Å². The highest BCUT2D eigenvalue weighted by molar-refractivity contribution is 7.19. The predicted molar refractivity (Wildman–Crippen MR) is 118 cm³/mol. The molecule has 29 heavy (non-hydrogen) atoms. The van der Waals surface area contributed by atoms with Gasteiger partial charge in [0.1, 0.15) is 16.4 Å². The number of nitrogens with one attached hydrogen (secondary N) is 1. The molecule has 0 aliphatic heterocycles. The molecule has 0 unspecified atom stereocenters. The molecule has 5 nitrogen and oxygen atoms in total. The summed E-state index contributed by atoms with van der Waals surface area (Å²) >= 11 is 1.80. The number of methoxy groups -OCH3 is 1. The smallest absolute Gasteiger partial charge is 0.164 e. The molecule has 146 valence electrons. The van der Waals surface area contributed by atoms with Crippen LogP contribution in [0.25, 0.3) is 21.6 Å². The summed E-state index contributed by atoms with van der Waals surface area (Å²) < 4.78 is 5.56. The van der Waals surface area contributed by atoms with Gasteiger partial charge in [0.05, 0.1) is 18.5 Å². The molecule has 0 bridgehead atoms. The van der Waals surface area contributed by atoms with Gasteiger partial charge in [-0.2, -0.15) is 0 Å². The fraction of sp³-hybridized carbons (Fsp3) is 0.261. The van der Waals surface area contributed by atoms with Crippen LogP contribution in [0.3, 0.4) is 0 Å². The lowest BCUT2D eigenvalue weighted by atomic mass is 10.1. The van der Waals surface area contributed by atoms with Crippen molar-refractivity contribution in [2.75, 3.05) is 12.4 Å². The van der Waals surface area contributed by atoms with E-state index in [1.807, 2.05) is 36.5 Å². The summed E-state index contributed by atoms with van der Waals surface area (Å²) in [6.45, 7) is 2.14. The summed E-state index contributed by atoms with van der Waals surface area (Å²) in [6, 6.07) is 12.1. The molecule has 0 saturated heterocycles. The highest BCUT2D eigenvalue weighted by Crippen LogP contribution is 2.41. The van der Waals surface area contributed by atoms with Crippen molar-refractivity contribution in [1.82, 2.24) is 15.0 Å². The van der Waals surface area contributed by atoms with Crippen LogP contribution in [0.5, 0.6) is 5.75 Å². The summed E-state index contributed by atoms with van der Waals surface area (Å²) in [6.07, 6.45) is 7.03. The van der Waals surface area contributed by atoms with Gasteiger partial charge in [-0.1, -0.05) is 18.2 Å². The Morgan fingerprint density at radius 1 is 1.10 bits per heavy atom. The van der Waals surface area contributed by atoms with Crippen LogP contribution in [0.15, 0.2) is 48.8 Å². The Balaban J connectivity index is 1.63. The topological polar surface area (TPSA) is 59.9 Å². The van der Waals surface area contributed by atoms with Crippen LogP contribution in [0.1, 0.15) is 35.4 Å². The summed E-state index contributed by atoms with van der Waals surface area (Å²) in [5.41, 5.74) is 3.45. The standard InChI is InChI=1S/C23H22N4OS/c1-14(16-8-3-4-10-18(16)28-2)25-22-20-17-9-5-11-19(17)29-23(20)27-21(26-22)15-7-6-12-24-13-15/h3-4,6-8,10,12-14H,5,9,11H2,1-2H3,(H,25,26,27)/t14-/m1/s1. The van der Waals surface area contributed by atoms with E-state index in [0.717, 1.165) is 40.4 Å². The molecule has 0 fully saturated rings. The Morgan fingerprint density at radius 3 is 2.83 bits per heavy atom. The number of benzene rings is 1. The maximum atomic E-state index is 5.56. The average Bonchev–Trinajstić information content (AvgIpc) is 3.35. The van der Waals surface area contributed by atoms with Crippen molar-refractivity contribution in [3.8, 4) is 17.1 Å². The van der Waals surface area contributed by atoms with Crippen molar-refractivity contribution in [3.05, 3.63) is 64.8 Å².